The normalized spacial score (nSPS) is 22.1. The number of benzene rings is 1. The van der Waals surface area contributed by atoms with Gasteiger partial charge in [-0.05, 0) is 67.1 Å². The number of likely N-dealkylation sites (tertiary alicyclic amines) is 1. The van der Waals surface area contributed by atoms with Crippen molar-refractivity contribution in [1.82, 2.24) is 15.2 Å². The maximum absolute atomic E-state index is 12.8. The summed E-state index contributed by atoms with van der Waals surface area (Å²) in [6, 6.07) is 9.21. The first-order valence-corrected chi connectivity index (χ1v) is 13.2. The van der Waals surface area contributed by atoms with Crippen LogP contribution >= 0.6 is 0 Å². The summed E-state index contributed by atoms with van der Waals surface area (Å²) in [7, 11) is 0. The van der Waals surface area contributed by atoms with Crippen molar-refractivity contribution in [2.24, 2.45) is 5.92 Å². The number of ether oxygens (including phenoxy) is 2. The van der Waals surface area contributed by atoms with Crippen LogP contribution in [0.25, 0.3) is 11.1 Å². The molecule has 0 spiro atoms. The Morgan fingerprint density at radius 1 is 1.18 bits per heavy atom. The molecule has 38 heavy (non-hydrogen) atoms. The van der Waals surface area contributed by atoms with Crippen LogP contribution in [-0.4, -0.2) is 80.7 Å². The van der Waals surface area contributed by atoms with E-state index < -0.39 is 18.5 Å². The number of hydrogen-bond acceptors (Lipinski definition) is 6. The van der Waals surface area contributed by atoms with Gasteiger partial charge in [-0.1, -0.05) is 6.07 Å². The summed E-state index contributed by atoms with van der Waals surface area (Å²) in [4.78, 5) is 21.3. The molecule has 0 bridgehead atoms. The number of rotatable bonds is 6. The minimum absolute atomic E-state index is 0.0589. The summed E-state index contributed by atoms with van der Waals surface area (Å²) in [6.45, 7) is 6.85. The second-order valence-corrected chi connectivity index (χ2v) is 10.3. The molecule has 2 atom stereocenters. The minimum Gasteiger partial charge on any atom is -0.473 e. The summed E-state index contributed by atoms with van der Waals surface area (Å²) in [5.41, 5.74) is 3.44. The Labute approximate surface area is 220 Å². The van der Waals surface area contributed by atoms with Gasteiger partial charge in [-0.2, -0.15) is 18.2 Å². The highest BCUT2D eigenvalue weighted by atomic mass is 19.4. The van der Waals surface area contributed by atoms with Crippen LogP contribution in [0, 0.1) is 12.8 Å². The Balaban J connectivity index is 1.36. The van der Waals surface area contributed by atoms with Crippen LogP contribution in [0.3, 0.4) is 0 Å². The van der Waals surface area contributed by atoms with Crippen molar-refractivity contribution in [2.45, 2.75) is 38.5 Å². The van der Waals surface area contributed by atoms with Crippen LogP contribution in [-0.2, 0) is 4.74 Å². The number of carbonyl (C=O) groups is 1. The van der Waals surface area contributed by atoms with E-state index in [1.54, 1.807) is 0 Å². The number of nitrogens with one attached hydrogen (secondary N) is 2. The topological polar surface area (TPSA) is 79.0 Å². The number of nitrogens with zero attached hydrogens (tertiary/aromatic N) is 3. The van der Waals surface area contributed by atoms with E-state index in [4.69, 9.17) is 14.5 Å². The van der Waals surface area contributed by atoms with Crippen molar-refractivity contribution in [3.63, 3.8) is 0 Å². The lowest BCUT2D eigenvalue weighted by Crippen LogP contribution is -2.36. The predicted octanol–water partition coefficient (Wildman–Crippen LogP) is 4.44. The fourth-order valence-corrected chi connectivity index (χ4v) is 5.29. The number of halogens is 3. The predicted molar refractivity (Wildman–Crippen MR) is 139 cm³/mol. The Morgan fingerprint density at radius 2 is 2.00 bits per heavy atom. The van der Waals surface area contributed by atoms with E-state index >= 15 is 0 Å². The molecule has 3 aliphatic rings. The van der Waals surface area contributed by atoms with Crippen molar-refractivity contribution >= 4 is 17.5 Å². The molecule has 1 aromatic heterocycles. The van der Waals surface area contributed by atoms with Gasteiger partial charge in [-0.15, -0.1) is 0 Å². The Morgan fingerprint density at radius 3 is 2.74 bits per heavy atom. The fraction of sp³-hybridized carbons (Fsp3) is 0.556. The van der Waals surface area contributed by atoms with Crippen molar-refractivity contribution in [3.05, 3.63) is 35.9 Å². The number of alkyl halides is 3. The zero-order valence-electron chi connectivity index (χ0n) is 21.5. The van der Waals surface area contributed by atoms with Crippen molar-refractivity contribution in [1.29, 1.82) is 0 Å². The molecule has 4 heterocycles. The highest BCUT2D eigenvalue weighted by Gasteiger charge is 2.36. The van der Waals surface area contributed by atoms with Crippen LogP contribution in [0.4, 0.5) is 29.5 Å². The number of hydrogen-bond donors (Lipinski definition) is 2. The number of carbonyl (C=O) groups excluding carboxylic acids is 1. The molecule has 2 N–H and O–H groups in total. The third-order valence-corrected chi connectivity index (χ3v) is 7.32. The van der Waals surface area contributed by atoms with Crippen LogP contribution < -0.4 is 20.3 Å². The maximum Gasteiger partial charge on any atom is 0.389 e. The number of aryl methyl sites for hydroxylation is 1. The van der Waals surface area contributed by atoms with E-state index in [9.17, 15) is 18.0 Å². The molecule has 3 fully saturated rings. The standard InChI is InChI=1S/C27H34F3N5O3/c1-18-2-3-21(32-26(36)35-7-5-19(17-35)15-27(28,29)30)14-23(18)20-12-24(34-8-10-37-11-9-34)33-25(13-20)38-22-4-6-31-16-22/h2-3,12-14,19,22,31H,4-11,15-17H2,1H3,(H,32,36)/t19?,22-/m0/s1. The molecule has 2 amide bonds. The lowest BCUT2D eigenvalue weighted by Gasteiger charge is -2.28. The van der Waals surface area contributed by atoms with Crippen molar-refractivity contribution in [3.8, 4) is 17.0 Å². The van der Waals surface area contributed by atoms with E-state index in [1.165, 1.54) is 4.90 Å². The summed E-state index contributed by atoms with van der Waals surface area (Å²) in [6.07, 6.45) is -3.75. The lowest BCUT2D eigenvalue weighted by atomic mass is 10.00. The highest BCUT2D eigenvalue weighted by Crippen LogP contribution is 2.34. The molecule has 3 aliphatic heterocycles. The van der Waals surface area contributed by atoms with Crippen LogP contribution in [0.15, 0.2) is 30.3 Å². The first kappa shape index (κ1) is 26.6. The molecule has 1 unspecified atom stereocenters. The van der Waals surface area contributed by atoms with Gasteiger partial charge in [0, 0.05) is 50.9 Å². The average molecular weight is 534 g/mol. The smallest absolute Gasteiger partial charge is 0.389 e. The largest absolute Gasteiger partial charge is 0.473 e. The van der Waals surface area contributed by atoms with Gasteiger partial charge in [0.15, 0.2) is 0 Å². The summed E-state index contributed by atoms with van der Waals surface area (Å²) >= 11 is 0. The fourth-order valence-electron chi connectivity index (χ4n) is 5.29. The molecule has 0 saturated carbocycles. The third kappa shape index (κ3) is 6.68. The van der Waals surface area contributed by atoms with Crippen LogP contribution in [0.1, 0.15) is 24.8 Å². The monoisotopic (exact) mass is 533 g/mol. The maximum atomic E-state index is 12.8. The number of pyridine rings is 1. The van der Waals surface area contributed by atoms with E-state index in [0.29, 0.717) is 37.7 Å². The molecule has 5 rings (SSSR count). The van der Waals surface area contributed by atoms with Gasteiger partial charge in [-0.3, -0.25) is 0 Å². The van der Waals surface area contributed by atoms with E-state index in [0.717, 1.165) is 55.1 Å². The highest BCUT2D eigenvalue weighted by molar-refractivity contribution is 5.90. The molecule has 1 aromatic carbocycles. The average Bonchev–Trinajstić information content (AvgIpc) is 3.57. The third-order valence-electron chi connectivity index (χ3n) is 7.32. The van der Waals surface area contributed by atoms with Gasteiger partial charge in [0.05, 0.1) is 13.2 Å². The summed E-state index contributed by atoms with van der Waals surface area (Å²) in [5, 5.41) is 6.19. The Kier molecular flexibility index (Phi) is 7.94. The van der Waals surface area contributed by atoms with Gasteiger partial charge in [0.25, 0.3) is 0 Å². The molecule has 3 saturated heterocycles. The molecular formula is C27H34F3N5O3. The van der Waals surface area contributed by atoms with Crippen LogP contribution in [0.5, 0.6) is 5.88 Å². The first-order valence-electron chi connectivity index (χ1n) is 13.2. The van der Waals surface area contributed by atoms with Gasteiger partial charge < -0.3 is 29.9 Å². The molecule has 0 radical (unpaired) electrons. The zero-order chi connectivity index (χ0) is 26.7. The van der Waals surface area contributed by atoms with E-state index in [1.807, 2.05) is 37.3 Å². The van der Waals surface area contributed by atoms with Crippen LogP contribution in [0.2, 0.25) is 0 Å². The minimum atomic E-state index is -4.22. The second-order valence-electron chi connectivity index (χ2n) is 10.3. The Hall–Kier alpha value is -3.05. The van der Waals surface area contributed by atoms with E-state index in [2.05, 4.69) is 15.5 Å². The number of morpholine rings is 1. The first-order chi connectivity index (χ1) is 18.2. The quantitative estimate of drug-likeness (QED) is 0.572. The molecule has 206 valence electrons. The number of amides is 2. The zero-order valence-corrected chi connectivity index (χ0v) is 21.5. The summed E-state index contributed by atoms with van der Waals surface area (Å²) in [5.74, 6) is 0.811. The van der Waals surface area contributed by atoms with Gasteiger partial charge in [0.2, 0.25) is 5.88 Å². The van der Waals surface area contributed by atoms with Gasteiger partial charge in [-0.25, -0.2) is 4.79 Å². The molecule has 8 nitrogen and oxygen atoms in total. The molecular weight excluding hydrogens is 499 g/mol. The number of urea groups is 1. The second kappa shape index (κ2) is 11.4. The SMILES string of the molecule is Cc1ccc(NC(=O)N2CCC(CC(F)(F)F)C2)cc1-c1cc(O[C@H]2CCNC2)nc(N2CCOCC2)c1. The van der Waals surface area contributed by atoms with E-state index in [-0.39, 0.29) is 18.7 Å². The number of anilines is 2. The molecule has 2 aromatic rings. The summed E-state index contributed by atoms with van der Waals surface area (Å²) < 4.78 is 50.0. The number of aromatic nitrogens is 1. The van der Waals surface area contributed by atoms with Crippen molar-refractivity contribution in [2.75, 3.05) is 62.7 Å². The Bertz CT molecular complexity index is 1130. The van der Waals surface area contributed by atoms with Gasteiger partial charge >= 0.3 is 12.2 Å². The molecule has 11 heteroatoms. The van der Waals surface area contributed by atoms with Crippen molar-refractivity contribution < 1.29 is 27.4 Å². The lowest BCUT2D eigenvalue weighted by molar-refractivity contribution is -0.143. The molecule has 0 aliphatic carbocycles. The van der Waals surface area contributed by atoms with Gasteiger partial charge in [0.1, 0.15) is 11.9 Å².